The summed E-state index contributed by atoms with van der Waals surface area (Å²) in [6.45, 7) is 8.17. The second-order valence-corrected chi connectivity index (χ2v) is 8.56. The molecule has 0 bridgehead atoms. The van der Waals surface area contributed by atoms with Crippen molar-refractivity contribution < 1.29 is 8.42 Å². The van der Waals surface area contributed by atoms with Crippen molar-refractivity contribution in [1.82, 2.24) is 4.31 Å². The van der Waals surface area contributed by atoms with E-state index in [1.165, 1.54) is 10.4 Å². The van der Waals surface area contributed by atoms with Crippen molar-refractivity contribution in [1.29, 1.82) is 5.26 Å². The molecule has 0 fully saturated rings. The third kappa shape index (κ3) is 4.99. The summed E-state index contributed by atoms with van der Waals surface area (Å²) >= 11 is 5.93. The molecular formula is C15H21ClN2O2S. The van der Waals surface area contributed by atoms with Crippen LogP contribution >= 0.6 is 11.6 Å². The first kappa shape index (κ1) is 18.0. The Morgan fingerprint density at radius 3 is 2.48 bits per heavy atom. The molecule has 0 saturated heterocycles. The van der Waals surface area contributed by atoms with E-state index in [0.29, 0.717) is 17.1 Å². The number of sulfonamides is 1. The highest BCUT2D eigenvalue weighted by atomic mass is 35.5. The molecule has 0 aromatic heterocycles. The third-order valence-electron chi connectivity index (χ3n) is 2.89. The Morgan fingerprint density at radius 2 is 1.95 bits per heavy atom. The Balaban J connectivity index is 3.26. The molecule has 0 unspecified atom stereocenters. The van der Waals surface area contributed by atoms with Gasteiger partial charge in [-0.3, -0.25) is 0 Å². The maximum atomic E-state index is 12.8. The number of benzene rings is 1. The van der Waals surface area contributed by atoms with Gasteiger partial charge in [-0.1, -0.05) is 38.4 Å². The van der Waals surface area contributed by atoms with Crippen molar-refractivity contribution in [3.8, 4) is 6.07 Å². The minimum Gasteiger partial charge on any atom is -0.207 e. The van der Waals surface area contributed by atoms with Gasteiger partial charge in [0.05, 0.1) is 11.0 Å². The number of hydrogen-bond acceptors (Lipinski definition) is 3. The van der Waals surface area contributed by atoms with Crippen LogP contribution in [0.25, 0.3) is 0 Å². The zero-order valence-corrected chi connectivity index (χ0v) is 14.4. The van der Waals surface area contributed by atoms with Crippen LogP contribution < -0.4 is 0 Å². The predicted molar refractivity (Wildman–Crippen MR) is 84.6 cm³/mol. The number of nitrogens with zero attached hydrogens (tertiary/aromatic N) is 2. The van der Waals surface area contributed by atoms with Crippen LogP contribution in [0.3, 0.4) is 0 Å². The van der Waals surface area contributed by atoms with Gasteiger partial charge in [-0.15, -0.1) is 0 Å². The van der Waals surface area contributed by atoms with Gasteiger partial charge in [-0.2, -0.15) is 9.57 Å². The fraction of sp³-hybridized carbons (Fsp3) is 0.533. The van der Waals surface area contributed by atoms with Gasteiger partial charge >= 0.3 is 0 Å². The van der Waals surface area contributed by atoms with E-state index >= 15 is 0 Å². The largest absolute Gasteiger partial charge is 0.243 e. The van der Waals surface area contributed by atoms with E-state index in [9.17, 15) is 8.42 Å². The SMILES string of the molecule is Cc1ccc(Cl)cc1S(=O)(=O)N(CCC#N)CC(C)(C)C. The minimum absolute atomic E-state index is 0.162. The summed E-state index contributed by atoms with van der Waals surface area (Å²) in [6.07, 6.45) is 0.162. The third-order valence-corrected chi connectivity index (χ3v) is 5.11. The highest BCUT2D eigenvalue weighted by molar-refractivity contribution is 7.89. The first-order valence-electron chi connectivity index (χ1n) is 6.71. The van der Waals surface area contributed by atoms with E-state index in [4.69, 9.17) is 16.9 Å². The fourth-order valence-electron chi connectivity index (χ4n) is 1.98. The molecule has 0 aliphatic rings. The van der Waals surface area contributed by atoms with Crippen molar-refractivity contribution in [3.05, 3.63) is 28.8 Å². The van der Waals surface area contributed by atoms with Crippen molar-refractivity contribution in [3.63, 3.8) is 0 Å². The molecule has 0 aliphatic heterocycles. The first-order valence-corrected chi connectivity index (χ1v) is 8.53. The van der Waals surface area contributed by atoms with Crippen molar-refractivity contribution in [2.75, 3.05) is 13.1 Å². The van der Waals surface area contributed by atoms with Gasteiger partial charge in [-0.25, -0.2) is 8.42 Å². The van der Waals surface area contributed by atoms with E-state index in [0.717, 1.165) is 0 Å². The summed E-state index contributed by atoms with van der Waals surface area (Å²) in [5, 5.41) is 9.14. The topological polar surface area (TPSA) is 61.2 Å². The van der Waals surface area contributed by atoms with Crippen molar-refractivity contribution >= 4 is 21.6 Å². The Bertz CT molecular complexity index is 643. The Hall–Kier alpha value is -1.09. The highest BCUT2D eigenvalue weighted by Gasteiger charge is 2.29. The van der Waals surface area contributed by atoms with Gasteiger partial charge < -0.3 is 0 Å². The number of nitriles is 1. The number of aryl methyl sites for hydroxylation is 1. The van der Waals surface area contributed by atoms with Gasteiger partial charge in [0.25, 0.3) is 0 Å². The van der Waals surface area contributed by atoms with Crippen LogP contribution in [-0.2, 0) is 10.0 Å². The molecule has 0 N–H and O–H groups in total. The predicted octanol–water partition coefficient (Wildman–Crippen LogP) is 3.60. The van der Waals surface area contributed by atoms with Gasteiger partial charge in [0.15, 0.2) is 0 Å². The molecule has 0 aliphatic carbocycles. The molecule has 0 heterocycles. The maximum absolute atomic E-state index is 12.8. The fourth-order valence-corrected chi connectivity index (χ4v) is 4.13. The lowest BCUT2D eigenvalue weighted by molar-refractivity contribution is 0.284. The van der Waals surface area contributed by atoms with Crippen molar-refractivity contribution in [2.45, 2.75) is 39.0 Å². The lowest BCUT2D eigenvalue weighted by Gasteiger charge is -2.29. The summed E-state index contributed by atoms with van der Waals surface area (Å²) in [5.74, 6) is 0. The van der Waals surface area contributed by atoms with Gasteiger partial charge in [0.1, 0.15) is 0 Å². The molecule has 0 radical (unpaired) electrons. The quantitative estimate of drug-likeness (QED) is 0.829. The van der Waals surface area contributed by atoms with Gasteiger partial charge in [0, 0.05) is 24.5 Å². The summed E-state index contributed by atoms with van der Waals surface area (Å²) in [4.78, 5) is 0.206. The van der Waals surface area contributed by atoms with Crippen LogP contribution in [0.2, 0.25) is 5.02 Å². The minimum atomic E-state index is -3.66. The summed E-state index contributed by atoms with van der Waals surface area (Å²) in [5.41, 5.74) is 0.449. The molecule has 21 heavy (non-hydrogen) atoms. The Kier molecular flexibility index (Phi) is 5.80. The number of halogens is 1. The van der Waals surface area contributed by atoms with E-state index in [2.05, 4.69) is 0 Å². The smallest absolute Gasteiger partial charge is 0.207 e. The van der Waals surface area contributed by atoms with Crippen LogP contribution in [0.1, 0.15) is 32.8 Å². The molecule has 0 atom stereocenters. The lowest BCUT2D eigenvalue weighted by atomic mass is 9.97. The number of hydrogen-bond donors (Lipinski definition) is 0. The zero-order chi connectivity index (χ0) is 16.3. The molecule has 1 aromatic carbocycles. The monoisotopic (exact) mass is 328 g/mol. The van der Waals surface area contributed by atoms with Crippen molar-refractivity contribution in [2.24, 2.45) is 5.41 Å². The molecule has 116 valence electrons. The second-order valence-electron chi connectivity index (χ2n) is 6.22. The molecule has 6 heteroatoms. The Labute approximate surface area is 132 Å². The zero-order valence-electron chi connectivity index (χ0n) is 12.9. The van der Waals surface area contributed by atoms with Gasteiger partial charge in [-0.05, 0) is 30.0 Å². The van der Waals surface area contributed by atoms with Crippen LogP contribution in [-0.4, -0.2) is 25.8 Å². The van der Waals surface area contributed by atoms with Crippen LogP contribution in [0.5, 0.6) is 0 Å². The molecule has 1 aromatic rings. The van der Waals surface area contributed by atoms with Crippen LogP contribution in [0, 0.1) is 23.7 Å². The number of rotatable bonds is 5. The lowest BCUT2D eigenvalue weighted by Crippen LogP contribution is -2.38. The van der Waals surface area contributed by atoms with Gasteiger partial charge in [0.2, 0.25) is 10.0 Å². The maximum Gasteiger partial charge on any atom is 0.243 e. The highest BCUT2D eigenvalue weighted by Crippen LogP contribution is 2.26. The van der Waals surface area contributed by atoms with E-state index in [-0.39, 0.29) is 23.3 Å². The molecule has 0 saturated carbocycles. The summed E-state index contributed by atoms with van der Waals surface area (Å²) < 4.78 is 27.1. The van der Waals surface area contributed by atoms with E-state index < -0.39 is 10.0 Å². The second kappa shape index (κ2) is 6.78. The molecule has 0 spiro atoms. The molecular weight excluding hydrogens is 308 g/mol. The molecule has 0 amide bonds. The van der Waals surface area contributed by atoms with Crippen LogP contribution in [0.4, 0.5) is 0 Å². The Morgan fingerprint density at radius 1 is 1.33 bits per heavy atom. The molecule has 4 nitrogen and oxygen atoms in total. The van der Waals surface area contributed by atoms with Crippen LogP contribution in [0.15, 0.2) is 23.1 Å². The average molecular weight is 329 g/mol. The standard InChI is InChI=1S/C15H21ClN2O2S/c1-12-6-7-13(16)10-14(12)21(19,20)18(9-5-8-17)11-15(2,3)4/h6-7,10H,5,9,11H2,1-4H3. The summed E-state index contributed by atoms with van der Waals surface area (Å²) in [6, 6.07) is 6.82. The van der Waals surface area contributed by atoms with E-state index in [1.54, 1.807) is 19.1 Å². The summed E-state index contributed by atoms with van der Waals surface area (Å²) in [7, 11) is -3.66. The molecule has 1 rings (SSSR count). The average Bonchev–Trinajstić information content (AvgIpc) is 2.35. The van der Waals surface area contributed by atoms with E-state index in [1.807, 2.05) is 26.8 Å². The first-order chi connectivity index (χ1) is 9.58. The normalized spacial score (nSPS) is 12.4.